The molecule has 0 aliphatic heterocycles. The second kappa shape index (κ2) is 6.48. The quantitative estimate of drug-likeness (QED) is 0.648. The number of rotatable bonds is 3. The topological polar surface area (TPSA) is 91.2 Å². The minimum atomic E-state index is -0.639. The van der Waals surface area contributed by atoms with Crippen LogP contribution >= 0.6 is 11.3 Å². The van der Waals surface area contributed by atoms with E-state index in [-0.39, 0.29) is 11.8 Å². The molecule has 6 nitrogen and oxygen atoms in total. The van der Waals surface area contributed by atoms with Crippen LogP contribution in [0.25, 0.3) is 21.3 Å². The highest BCUT2D eigenvalue weighted by Gasteiger charge is 2.30. The summed E-state index contributed by atoms with van der Waals surface area (Å²) in [5, 5.41) is 35.4. The third-order valence-corrected chi connectivity index (χ3v) is 5.89. The van der Waals surface area contributed by atoms with E-state index in [0.717, 1.165) is 29.3 Å². The molecule has 0 radical (unpaired) electrons. The SMILES string of the molecule is Cc1nc(N[C@@H]2CCC[C@@](C)(O)C2)nnc1-c1ccc2sccc2c1O. The van der Waals surface area contributed by atoms with Crippen LogP contribution in [0.3, 0.4) is 0 Å². The zero-order chi connectivity index (χ0) is 18.3. The highest BCUT2D eigenvalue weighted by atomic mass is 32.1. The number of phenols is 1. The third-order valence-electron chi connectivity index (χ3n) is 5.01. The summed E-state index contributed by atoms with van der Waals surface area (Å²) in [5.74, 6) is 0.678. The van der Waals surface area contributed by atoms with Gasteiger partial charge in [0.25, 0.3) is 0 Å². The number of nitrogens with one attached hydrogen (secondary N) is 1. The van der Waals surface area contributed by atoms with Crippen molar-refractivity contribution < 1.29 is 10.2 Å². The number of benzene rings is 1. The zero-order valence-electron chi connectivity index (χ0n) is 14.9. The molecule has 2 heterocycles. The molecule has 1 saturated carbocycles. The van der Waals surface area contributed by atoms with E-state index >= 15 is 0 Å². The third kappa shape index (κ3) is 3.24. The molecule has 1 fully saturated rings. The summed E-state index contributed by atoms with van der Waals surface area (Å²) in [6.07, 6.45) is 3.46. The van der Waals surface area contributed by atoms with Crippen molar-refractivity contribution in [3.8, 4) is 17.0 Å². The average molecular weight is 370 g/mol. The van der Waals surface area contributed by atoms with E-state index in [1.54, 1.807) is 11.3 Å². The van der Waals surface area contributed by atoms with Crippen molar-refractivity contribution in [2.45, 2.75) is 51.2 Å². The predicted molar refractivity (Wildman–Crippen MR) is 104 cm³/mol. The summed E-state index contributed by atoms with van der Waals surface area (Å²) in [6, 6.07) is 5.88. The molecule has 0 spiro atoms. The fourth-order valence-corrected chi connectivity index (χ4v) is 4.49. The molecule has 1 aliphatic carbocycles. The second-order valence-corrected chi connectivity index (χ2v) is 8.25. The van der Waals surface area contributed by atoms with E-state index in [1.165, 1.54) is 0 Å². The molecule has 4 rings (SSSR count). The number of aryl methyl sites for hydroxylation is 1. The van der Waals surface area contributed by atoms with Crippen molar-refractivity contribution in [1.82, 2.24) is 15.2 Å². The van der Waals surface area contributed by atoms with Crippen LogP contribution < -0.4 is 5.32 Å². The summed E-state index contributed by atoms with van der Waals surface area (Å²) >= 11 is 1.59. The number of aliphatic hydroxyl groups is 1. The number of fused-ring (bicyclic) bond motifs is 1. The Bertz CT molecular complexity index is 954. The standard InChI is InChI=1S/C19H22N4O2S/c1-11-16(14-5-6-15-13(17(14)24)7-9-26-15)22-23-18(20-11)21-12-4-3-8-19(2,25)10-12/h5-7,9,12,24-25H,3-4,8,10H2,1-2H3,(H,20,21,23)/t12-,19-/m1/s1. The number of hydrogen-bond acceptors (Lipinski definition) is 7. The van der Waals surface area contributed by atoms with Gasteiger partial charge in [-0.25, -0.2) is 4.98 Å². The maximum atomic E-state index is 10.6. The van der Waals surface area contributed by atoms with Crippen LogP contribution in [-0.4, -0.2) is 37.0 Å². The molecule has 7 heteroatoms. The van der Waals surface area contributed by atoms with Crippen LogP contribution in [-0.2, 0) is 0 Å². The summed E-state index contributed by atoms with van der Waals surface area (Å²) in [5.41, 5.74) is 1.28. The number of hydrogen-bond donors (Lipinski definition) is 3. The fourth-order valence-electron chi connectivity index (χ4n) is 3.70. The molecule has 1 aliphatic rings. The molecule has 0 unspecified atom stereocenters. The lowest BCUT2D eigenvalue weighted by Crippen LogP contribution is -2.38. The molecule has 0 bridgehead atoms. The molecule has 136 valence electrons. The number of thiophene rings is 1. The van der Waals surface area contributed by atoms with Crippen molar-refractivity contribution in [3.05, 3.63) is 29.3 Å². The van der Waals surface area contributed by atoms with Crippen molar-refractivity contribution in [3.63, 3.8) is 0 Å². The molecule has 3 N–H and O–H groups in total. The second-order valence-electron chi connectivity index (χ2n) is 7.30. The van der Waals surface area contributed by atoms with Crippen LogP contribution in [0.4, 0.5) is 5.95 Å². The molecule has 1 aromatic carbocycles. The van der Waals surface area contributed by atoms with Gasteiger partial charge in [-0.2, -0.15) is 0 Å². The molecule has 26 heavy (non-hydrogen) atoms. The smallest absolute Gasteiger partial charge is 0.243 e. The maximum Gasteiger partial charge on any atom is 0.243 e. The van der Waals surface area contributed by atoms with Gasteiger partial charge in [-0.15, -0.1) is 21.5 Å². The molecular formula is C19H22N4O2S. The Labute approximate surface area is 155 Å². The zero-order valence-corrected chi connectivity index (χ0v) is 15.7. The van der Waals surface area contributed by atoms with Crippen LogP contribution in [0.15, 0.2) is 23.6 Å². The van der Waals surface area contributed by atoms with E-state index in [9.17, 15) is 10.2 Å². The predicted octanol–water partition coefficient (Wildman–Crippen LogP) is 3.87. The van der Waals surface area contributed by atoms with Crippen LogP contribution in [0.1, 0.15) is 38.3 Å². The lowest BCUT2D eigenvalue weighted by molar-refractivity contribution is 0.0181. The Balaban J connectivity index is 1.60. The number of aromatic nitrogens is 3. The Morgan fingerprint density at radius 3 is 2.88 bits per heavy atom. The highest BCUT2D eigenvalue weighted by Crippen LogP contribution is 2.38. The van der Waals surface area contributed by atoms with Gasteiger partial charge in [0.2, 0.25) is 5.95 Å². The van der Waals surface area contributed by atoms with Gasteiger partial charge < -0.3 is 15.5 Å². The number of anilines is 1. The van der Waals surface area contributed by atoms with Crippen LogP contribution in [0.2, 0.25) is 0 Å². The monoisotopic (exact) mass is 370 g/mol. The first-order chi connectivity index (χ1) is 12.4. The Morgan fingerprint density at radius 1 is 1.27 bits per heavy atom. The maximum absolute atomic E-state index is 10.6. The van der Waals surface area contributed by atoms with Crippen molar-refractivity contribution in [2.24, 2.45) is 0 Å². The minimum absolute atomic E-state index is 0.140. The van der Waals surface area contributed by atoms with E-state index in [2.05, 4.69) is 20.5 Å². The van der Waals surface area contributed by atoms with E-state index < -0.39 is 5.60 Å². The van der Waals surface area contributed by atoms with Crippen LogP contribution in [0.5, 0.6) is 5.75 Å². The fraction of sp³-hybridized carbons (Fsp3) is 0.421. The Morgan fingerprint density at radius 2 is 2.12 bits per heavy atom. The normalized spacial score (nSPS) is 23.3. The van der Waals surface area contributed by atoms with Gasteiger partial charge in [0.05, 0.1) is 11.3 Å². The van der Waals surface area contributed by atoms with Crippen molar-refractivity contribution >= 4 is 27.4 Å². The summed E-state index contributed by atoms with van der Waals surface area (Å²) < 4.78 is 1.03. The van der Waals surface area contributed by atoms with Crippen LogP contribution in [0, 0.1) is 6.92 Å². The van der Waals surface area contributed by atoms with Gasteiger partial charge in [-0.1, -0.05) is 0 Å². The highest BCUT2D eigenvalue weighted by molar-refractivity contribution is 7.17. The molecule has 0 saturated heterocycles. The first-order valence-electron chi connectivity index (χ1n) is 8.83. The lowest BCUT2D eigenvalue weighted by Gasteiger charge is -2.34. The van der Waals surface area contributed by atoms with Crippen molar-refractivity contribution in [1.29, 1.82) is 0 Å². The van der Waals surface area contributed by atoms with Gasteiger partial charge in [0, 0.05) is 21.7 Å². The number of aromatic hydroxyl groups is 1. The van der Waals surface area contributed by atoms with Gasteiger partial charge in [0.15, 0.2) is 0 Å². The lowest BCUT2D eigenvalue weighted by atomic mass is 9.83. The number of phenolic OH excluding ortho intramolecular Hbond substituents is 1. The Hall–Kier alpha value is -2.25. The van der Waals surface area contributed by atoms with Gasteiger partial charge in [0.1, 0.15) is 11.4 Å². The van der Waals surface area contributed by atoms with Gasteiger partial charge >= 0.3 is 0 Å². The first-order valence-corrected chi connectivity index (χ1v) is 9.71. The summed E-state index contributed by atoms with van der Waals surface area (Å²) in [6.45, 7) is 3.74. The minimum Gasteiger partial charge on any atom is -0.507 e. The van der Waals surface area contributed by atoms with E-state index in [4.69, 9.17) is 0 Å². The summed E-state index contributed by atoms with van der Waals surface area (Å²) in [7, 11) is 0. The molecule has 2 atom stereocenters. The molecule has 0 amide bonds. The average Bonchev–Trinajstić information content (AvgIpc) is 3.05. The van der Waals surface area contributed by atoms with Crippen molar-refractivity contribution in [2.75, 3.05) is 5.32 Å². The molecule has 2 aromatic heterocycles. The number of nitrogens with zero attached hydrogens (tertiary/aromatic N) is 3. The van der Waals surface area contributed by atoms with Gasteiger partial charge in [-0.3, -0.25) is 0 Å². The molecule has 3 aromatic rings. The van der Waals surface area contributed by atoms with E-state index in [0.29, 0.717) is 29.3 Å². The van der Waals surface area contributed by atoms with E-state index in [1.807, 2.05) is 37.4 Å². The first kappa shape index (κ1) is 17.2. The summed E-state index contributed by atoms with van der Waals surface area (Å²) in [4.78, 5) is 4.53. The Kier molecular flexibility index (Phi) is 4.28. The molecular weight excluding hydrogens is 348 g/mol. The largest absolute Gasteiger partial charge is 0.507 e. The van der Waals surface area contributed by atoms with Gasteiger partial charge in [-0.05, 0) is 63.1 Å².